The number of nitrogens with zero attached hydrogens (tertiary/aromatic N) is 3. The summed E-state index contributed by atoms with van der Waals surface area (Å²) in [6, 6.07) is 12.4. The lowest BCUT2D eigenvalue weighted by Crippen LogP contribution is -2.63. The van der Waals surface area contributed by atoms with E-state index in [2.05, 4.69) is 24.4 Å². The van der Waals surface area contributed by atoms with Crippen molar-refractivity contribution in [1.82, 2.24) is 19.2 Å². The van der Waals surface area contributed by atoms with Crippen molar-refractivity contribution in [2.24, 2.45) is 11.3 Å². The standard InChI is InChI=1S/C37H51F3N4O5SSi/c1-10-49-37(42-50(47)35(2,3)4,32(38)36(5,6)33(39)40)34-41-27-21-24(17-18-28(27)43(34)22-48-19-20-51(7,8)9)29(23-15-16-23)44-30(45)25-13-11-12-14-26(25)31(44)46/h11-14,17-18,21,23,29,32-33,42H,10,15-16,19-20,22H2,1-9H3/t29-,32?,37?,50?/m1/s1. The average Bonchev–Trinajstić information content (AvgIpc) is 3.78. The first-order valence-electron chi connectivity index (χ1n) is 17.6. The molecule has 0 bridgehead atoms. The highest BCUT2D eigenvalue weighted by atomic mass is 32.2. The van der Waals surface area contributed by atoms with Gasteiger partial charge in [-0.3, -0.25) is 19.1 Å². The normalized spacial score (nSPS) is 18.7. The smallest absolute Gasteiger partial charge is 0.262 e. The maximum atomic E-state index is 17.2. The minimum atomic E-state index is -3.10. The number of alkyl halides is 3. The summed E-state index contributed by atoms with van der Waals surface area (Å²) in [5.74, 6) is -0.801. The van der Waals surface area contributed by atoms with Crippen molar-refractivity contribution in [3.63, 3.8) is 0 Å². The number of amides is 2. The minimum Gasteiger partial charge on any atom is -0.598 e. The summed E-state index contributed by atoms with van der Waals surface area (Å²) in [7, 11) is -1.50. The van der Waals surface area contributed by atoms with Gasteiger partial charge < -0.3 is 14.0 Å². The largest absolute Gasteiger partial charge is 0.598 e. The molecule has 14 heteroatoms. The van der Waals surface area contributed by atoms with Crippen molar-refractivity contribution < 1.29 is 36.8 Å². The van der Waals surface area contributed by atoms with Crippen LogP contribution in [0.15, 0.2) is 42.5 Å². The second kappa shape index (κ2) is 14.6. The van der Waals surface area contributed by atoms with Crippen LogP contribution in [-0.4, -0.2) is 69.4 Å². The first kappa shape index (κ1) is 39.5. The predicted molar refractivity (Wildman–Crippen MR) is 195 cm³/mol. The Labute approximate surface area is 303 Å². The van der Waals surface area contributed by atoms with Gasteiger partial charge in [0.05, 0.1) is 33.6 Å². The van der Waals surface area contributed by atoms with Crippen molar-refractivity contribution in [1.29, 1.82) is 0 Å². The number of imide groups is 1. The summed E-state index contributed by atoms with van der Waals surface area (Å²) in [6.07, 6.45) is -3.90. The van der Waals surface area contributed by atoms with Gasteiger partial charge >= 0.3 is 0 Å². The topological polar surface area (TPSA) is 109 Å². The summed E-state index contributed by atoms with van der Waals surface area (Å²) < 4.78 is 76.0. The van der Waals surface area contributed by atoms with Crippen LogP contribution in [0, 0.1) is 11.3 Å². The number of carbonyl (C=O) groups is 2. The third kappa shape index (κ3) is 7.82. The van der Waals surface area contributed by atoms with E-state index in [-0.39, 0.29) is 36.9 Å². The molecule has 3 aromatic rings. The second-order valence-corrected chi connectivity index (χ2v) is 24.0. The minimum absolute atomic E-state index is 0.0385. The van der Waals surface area contributed by atoms with E-state index < -0.39 is 54.0 Å². The van der Waals surface area contributed by atoms with Crippen molar-refractivity contribution in [3.8, 4) is 0 Å². The SMILES string of the molecule is CCOC(N[S+]([O-])C(C)(C)C)(c1nc2cc([C@@H](C3CC3)N3C(=O)c4ccccc4C3=O)ccc2n1COCC[Si](C)(C)C)C(F)C(C)(C)C(F)F. The fraction of sp³-hybridized carbons (Fsp3) is 0.595. The van der Waals surface area contributed by atoms with Gasteiger partial charge in [0, 0.05) is 32.6 Å². The maximum absolute atomic E-state index is 17.2. The highest BCUT2D eigenvalue weighted by Crippen LogP contribution is 2.48. The van der Waals surface area contributed by atoms with Crippen LogP contribution in [0.4, 0.5) is 13.2 Å². The Morgan fingerprint density at radius 2 is 1.63 bits per heavy atom. The van der Waals surface area contributed by atoms with E-state index >= 15 is 4.39 Å². The summed E-state index contributed by atoms with van der Waals surface area (Å²) in [5.41, 5.74) is -2.45. The number of nitrogens with one attached hydrogen (secondary N) is 1. The molecule has 4 atom stereocenters. The molecule has 0 radical (unpaired) electrons. The van der Waals surface area contributed by atoms with E-state index in [1.807, 2.05) is 6.07 Å². The summed E-state index contributed by atoms with van der Waals surface area (Å²) >= 11 is -2.00. The van der Waals surface area contributed by atoms with Crippen LogP contribution in [0.5, 0.6) is 0 Å². The summed E-state index contributed by atoms with van der Waals surface area (Å²) in [4.78, 5) is 33.4. The van der Waals surface area contributed by atoms with Crippen LogP contribution in [0.1, 0.15) is 92.5 Å². The summed E-state index contributed by atoms with van der Waals surface area (Å²) in [5, 5.41) is 0. The van der Waals surface area contributed by atoms with Crippen LogP contribution in [-0.2, 0) is 33.3 Å². The fourth-order valence-corrected chi connectivity index (χ4v) is 7.91. The number of imidazole rings is 1. The van der Waals surface area contributed by atoms with Gasteiger partial charge in [-0.1, -0.05) is 56.4 Å². The number of hydrogen-bond donors (Lipinski definition) is 1. The molecule has 3 unspecified atom stereocenters. The van der Waals surface area contributed by atoms with Crippen LogP contribution in [0.3, 0.4) is 0 Å². The molecule has 0 saturated heterocycles. The number of rotatable bonds is 16. The number of halogens is 3. The van der Waals surface area contributed by atoms with E-state index in [0.29, 0.717) is 34.3 Å². The van der Waals surface area contributed by atoms with E-state index in [1.165, 1.54) is 4.90 Å². The van der Waals surface area contributed by atoms with Gasteiger partial charge in [-0.2, -0.15) is 0 Å². The van der Waals surface area contributed by atoms with Gasteiger partial charge in [0.2, 0.25) is 6.43 Å². The third-order valence-electron chi connectivity index (χ3n) is 9.58. The molecule has 2 amide bonds. The molecule has 1 aliphatic carbocycles. The van der Waals surface area contributed by atoms with Gasteiger partial charge in [-0.25, -0.2) is 18.2 Å². The van der Waals surface area contributed by atoms with E-state index in [1.54, 1.807) is 68.7 Å². The molecule has 9 nitrogen and oxygen atoms in total. The molecule has 1 aromatic heterocycles. The molecule has 280 valence electrons. The van der Waals surface area contributed by atoms with Gasteiger partial charge in [-0.05, 0) is 82.3 Å². The highest BCUT2D eigenvalue weighted by Gasteiger charge is 2.59. The molecular weight excluding hydrogens is 698 g/mol. The zero-order chi connectivity index (χ0) is 37.7. The molecule has 2 heterocycles. The maximum Gasteiger partial charge on any atom is 0.262 e. The van der Waals surface area contributed by atoms with Crippen molar-refractivity contribution in [2.75, 3.05) is 13.2 Å². The Morgan fingerprint density at radius 3 is 2.14 bits per heavy atom. The van der Waals surface area contributed by atoms with Crippen LogP contribution < -0.4 is 4.72 Å². The molecule has 1 N–H and O–H groups in total. The number of hydrogen-bond acceptors (Lipinski definition) is 7. The number of carbonyl (C=O) groups excluding carboxylic acids is 2. The van der Waals surface area contributed by atoms with Crippen LogP contribution in [0.2, 0.25) is 25.7 Å². The van der Waals surface area contributed by atoms with Gasteiger partial charge in [-0.15, -0.1) is 0 Å². The number of ether oxygens (including phenoxy) is 2. The van der Waals surface area contributed by atoms with Crippen molar-refractivity contribution in [3.05, 3.63) is 65.0 Å². The molecule has 1 fully saturated rings. The quantitative estimate of drug-likeness (QED) is 0.0521. The fourth-order valence-electron chi connectivity index (χ4n) is 6.31. The zero-order valence-corrected chi connectivity index (χ0v) is 32.8. The van der Waals surface area contributed by atoms with Gasteiger partial charge in [0.25, 0.3) is 17.5 Å². The molecular formula is C37H51F3N4O5SSi. The lowest BCUT2D eigenvalue weighted by atomic mass is 9.81. The Balaban J connectivity index is 1.70. The monoisotopic (exact) mass is 748 g/mol. The Hall–Kier alpha value is -2.75. The lowest BCUT2D eigenvalue weighted by molar-refractivity contribution is -0.175. The van der Waals surface area contributed by atoms with E-state index in [9.17, 15) is 22.9 Å². The molecule has 51 heavy (non-hydrogen) atoms. The Kier molecular flexibility index (Phi) is 11.3. The second-order valence-electron chi connectivity index (χ2n) is 16.4. The third-order valence-corrected chi connectivity index (χ3v) is 12.9. The lowest BCUT2D eigenvalue weighted by Gasteiger charge is -2.43. The Morgan fingerprint density at radius 1 is 1.02 bits per heavy atom. The predicted octanol–water partition coefficient (Wildman–Crippen LogP) is 7.97. The number of benzene rings is 2. The van der Waals surface area contributed by atoms with Gasteiger partial charge in [0.1, 0.15) is 11.5 Å². The van der Waals surface area contributed by atoms with Crippen LogP contribution in [0.25, 0.3) is 11.0 Å². The van der Waals surface area contributed by atoms with E-state index in [4.69, 9.17) is 14.5 Å². The van der Waals surface area contributed by atoms with Gasteiger partial charge in [0.15, 0.2) is 12.0 Å². The van der Waals surface area contributed by atoms with Crippen molar-refractivity contribution in [2.45, 2.75) is 116 Å². The molecule has 1 aliphatic heterocycles. The molecule has 0 spiro atoms. The first-order chi connectivity index (χ1) is 23.7. The molecule has 2 aromatic carbocycles. The van der Waals surface area contributed by atoms with E-state index in [0.717, 1.165) is 32.7 Å². The van der Waals surface area contributed by atoms with Crippen LogP contribution >= 0.6 is 0 Å². The Bertz CT molecular complexity index is 1720. The molecule has 1 saturated carbocycles. The first-order valence-corrected chi connectivity index (χ1v) is 22.4. The highest BCUT2D eigenvalue weighted by molar-refractivity contribution is 7.90. The summed E-state index contributed by atoms with van der Waals surface area (Å²) in [6.45, 7) is 15.7. The molecule has 5 rings (SSSR count). The average molecular weight is 749 g/mol. The number of aromatic nitrogens is 2. The zero-order valence-electron chi connectivity index (χ0n) is 31.0. The van der Waals surface area contributed by atoms with Crippen molar-refractivity contribution >= 4 is 42.3 Å². The molecule has 2 aliphatic rings. The number of fused-ring (bicyclic) bond motifs is 2.